The molecule has 1 heterocycles. The first-order valence-corrected chi connectivity index (χ1v) is 9.47. The molecule has 1 aromatic heterocycles. The van der Waals surface area contributed by atoms with Crippen LogP contribution >= 0.6 is 11.6 Å². The Labute approximate surface area is 161 Å². The Morgan fingerprint density at radius 1 is 1.33 bits per heavy atom. The lowest BCUT2D eigenvalue weighted by molar-refractivity contribution is -0.385. The molecular formula is C16H17ClN4O5S. The van der Waals surface area contributed by atoms with Gasteiger partial charge in [-0.05, 0) is 31.5 Å². The topological polar surface area (TPSA) is 123 Å². The number of likely N-dealkylation sites (N-methyl/N-ethyl adjacent to an activating group) is 1. The molecule has 2 aromatic rings. The standard InChI is InChI=1S/C16H17ClN4O5S/c1-10-4-5-15(18-8-10)19-16(22)9-20(3)27(25,26)12-6-13(17)11(2)14(7-12)21(23)24/h4-8H,9H2,1-3H3,(H,18,19,22). The highest BCUT2D eigenvalue weighted by molar-refractivity contribution is 7.89. The van der Waals surface area contributed by atoms with E-state index in [-0.39, 0.29) is 21.3 Å². The predicted molar refractivity (Wildman–Crippen MR) is 100 cm³/mol. The van der Waals surface area contributed by atoms with Crippen LogP contribution in [0.15, 0.2) is 35.4 Å². The average molecular weight is 413 g/mol. The lowest BCUT2D eigenvalue weighted by atomic mass is 10.2. The predicted octanol–water partition coefficient (Wildman–Crippen LogP) is 2.52. The number of halogens is 1. The third-order valence-electron chi connectivity index (χ3n) is 3.74. The number of nitro benzene ring substituents is 1. The van der Waals surface area contributed by atoms with Gasteiger partial charge in [0.05, 0.1) is 21.4 Å². The van der Waals surface area contributed by atoms with Gasteiger partial charge in [-0.2, -0.15) is 4.31 Å². The van der Waals surface area contributed by atoms with Crippen LogP contribution in [0.4, 0.5) is 11.5 Å². The molecule has 27 heavy (non-hydrogen) atoms. The van der Waals surface area contributed by atoms with E-state index in [1.807, 2.05) is 6.92 Å². The highest BCUT2D eigenvalue weighted by Crippen LogP contribution is 2.30. The number of benzene rings is 1. The van der Waals surface area contributed by atoms with E-state index in [9.17, 15) is 23.3 Å². The van der Waals surface area contributed by atoms with Gasteiger partial charge in [-0.3, -0.25) is 14.9 Å². The Hall–Kier alpha value is -2.56. The van der Waals surface area contributed by atoms with Gasteiger partial charge in [0.25, 0.3) is 5.69 Å². The summed E-state index contributed by atoms with van der Waals surface area (Å²) in [6.07, 6.45) is 1.56. The molecule has 2 rings (SSSR count). The monoisotopic (exact) mass is 412 g/mol. The lowest BCUT2D eigenvalue weighted by Gasteiger charge is -2.17. The maximum Gasteiger partial charge on any atom is 0.275 e. The number of carbonyl (C=O) groups is 1. The molecule has 0 unspecified atom stereocenters. The van der Waals surface area contributed by atoms with Gasteiger partial charge in [-0.25, -0.2) is 13.4 Å². The zero-order chi connectivity index (χ0) is 20.4. The molecule has 0 spiro atoms. The Balaban J connectivity index is 2.22. The van der Waals surface area contributed by atoms with Crippen LogP contribution in [-0.2, 0) is 14.8 Å². The van der Waals surface area contributed by atoms with Crippen LogP contribution in [0.2, 0.25) is 5.02 Å². The molecule has 0 radical (unpaired) electrons. The minimum atomic E-state index is -4.17. The fourth-order valence-corrected chi connectivity index (χ4v) is 3.62. The van der Waals surface area contributed by atoms with Gasteiger partial charge in [-0.15, -0.1) is 0 Å². The van der Waals surface area contributed by atoms with Gasteiger partial charge in [0, 0.05) is 24.9 Å². The summed E-state index contributed by atoms with van der Waals surface area (Å²) in [6, 6.07) is 5.38. The number of amides is 1. The summed E-state index contributed by atoms with van der Waals surface area (Å²) in [7, 11) is -2.97. The number of carbonyl (C=O) groups excluding carboxylic acids is 1. The molecule has 0 saturated carbocycles. The molecule has 1 amide bonds. The molecule has 0 atom stereocenters. The summed E-state index contributed by atoms with van der Waals surface area (Å²) in [5, 5.41) is 13.5. The molecule has 9 nitrogen and oxygen atoms in total. The molecule has 11 heteroatoms. The van der Waals surface area contributed by atoms with E-state index < -0.39 is 33.1 Å². The van der Waals surface area contributed by atoms with Gasteiger partial charge in [0.1, 0.15) is 5.82 Å². The largest absolute Gasteiger partial charge is 0.310 e. The molecule has 0 saturated heterocycles. The van der Waals surface area contributed by atoms with Gasteiger partial charge in [0.2, 0.25) is 15.9 Å². The van der Waals surface area contributed by atoms with E-state index in [2.05, 4.69) is 10.3 Å². The van der Waals surface area contributed by atoms with Crippen LogP contribution in [0.25, 0.3) is 0 Å². The minimum absolute atomic E-state index is 0.0514. The number of hydrogen-bond donors (Lipinski definition) is 1. The number of aryl methyl sites for hydroxylation is 1. The maximum atomic E-state index is 12.7. The first kappa shape index (κ1) is 20.7. The van der Waals surface area contributed by atoms with Crippen molar-refractivity contribution in [1.29, 1.82) is 0 Å². The number of nitrogens with one attached hydrogen (secondary N) is 1. The highest BCUT2D eigenvalue weighted by Gasteiger charge is 2.27. The van der Waals surface area contributed by atoms with Crippen molar-refractivity contribution < 1.29 is 18.1 Å². The first-order chi connectivity index (χ1) is 12.5. The van der Waals surface area contributed by atoms with Crippen molar-refractivity contribution in [3.05, 3.63) is 56.7 Å². The van der Waals surface area contributed by atoms with Crippen LogP contribution in [0, 0.1) is 24.0 Å². The molecule has 0 bridgehead atoms. The summed E-state index contributed by atoms with van der Waals surface area (Å²) < 4.78 is 26.1. The Kier molecular flexibility index (Phi) is 6.14. The van der Waals surface area contributed by atoms with Crippen molar-refractivity contribution in [3.63, 3.8) is 0 Å². The number of nitrogens with zero attached hydrogens (tertiary/aromatic N) is 3. The second-order valence-electron chi connectivity index (χ2n) is 5.84. The Bertz CT molecular complexity index is 993. The summed E-state index contributed by atoms with van der Waals surface area (Å²) in [5.74, 6) is -0.324. The zero-order valence-electron chi connectivity index (χ0n) is 14.8. The lowest BCUT2D eigenvalue weighted by Crippen LogP contribution is -2.35. The van der Waals surface area contributed by atoms with E-state index in [0.29, 0.717) is 0 Å². The molecular weight excluding hydrogens is 396 g/mol. The molecule has 144 valence electrons. The van der Waals surface area contributed by atoms with Gasteiger partial charge < -0.3 is 5.32 Å². The Morgan fingerprint density at radius 2 is 2.00 bits per heavy atom. The van der Waals surface area contributed by atoms with Crippen LogP contribution < -0.4 is 5.32 Å². The number of rotatable bonds is 6. The summed E-state index contributed by atoms with van der Waals surface area (Å²) in [5.41, 5.74) is 0.653. The van der Waals surface area contributed by atoms with E-state index in [1.165, 1.54) is 14.0 Å². The molecule has 0 fully saturated rings. The number of hydrogen-bond acceptors (Lipinski definition) is 6. The fraction of sp³-hybridized carbons (Fsp3) is 0.250. The second-order valence-corrected chi connectivity index (χ2v) is 8.29. The summed E-state index contributed by atoms with van der Waals surface area (Å²) in [6.45, 7) is 2.75. The van der Waals surface area contributed by atoms with Crippen LogP contribution in [0.3, 0.4) is 0 Å². The number of sulfonamides is 1. The quantitative estimate of drug-likeness (QED) is 0.574. The number of pyridine rings is 1. The highest BCUT2D eigenvalue weighted by atomic mass is 35.5. The molecule has 0 aliphatic heterocycles. The molecule has 0 aliphatic carbocycles. The number of anilines is 1. The summed E-state index contributed by atoms with van der Waals surface area (Å²) >= 11 is 5.92. The SMILES string of the molecule is Cc1ccc(NC(=O)CN(C)S(=O)(=O)c2cc(Cl)c(C)c([N+](=O)[O-])c2)nc1. The van der Waals surface area contributed by atoms with E-state index >= 15 is 0 Å². The van der Waals surface area contributed by atoms with Gasteiger partial charge in [0.15, 0.2) is 0 Å². The summed E-state index contributed by atoms with van der Waals surface area (Å²) in [4.78, 5) is 26.1. The number of aromatic nitrogens is 1. The van der Waals surface area contributed by atoms with Crippen LogP contribution in [0.1, 0.15) is 11.1 Å². The van der Waals surface area contributed by atoms with Crippen molar-refractivity contribution in [2.45, 2.75) is 18.7 Å². The van der Waals surface area contributed by atoms with Crippen molar-refractivity contribution in [1.82, 2.24) is 9.29 Å². The van der Waals surface area contributed by atoms with Crippen LogP contribution in [-0.4, -0.2) is 42.1 Å². The van der Waals surface area contributed by atoms with E-state index in [4.69, 9.17) is 11.6 Å². The second kappa shape index (κ2) is 7.99. The van der Waals surface area contributed by atoms with Crippen molar-refractivity contribution in [3.8, 4) is 0 Å². The van der Waals surface area contributed by atoms with Crippen molar-refractivity contribution in [2.75, 3.05) is 18.9 Å². The molecule has 1 N–H and O–H groups in total. The van der Waals surface area contributed by atoms with E-state index in [0.717, 1.165) is 22.0 Å². The molecule has 0 aliphatic rings. The minimum Gasteiger partial charge on any atom is -0.310 e. The fourth-order valence-electron chi connectivity index (χ4n) is 2.17. The average Bonchev–Trinajstić information content (AvgIpc) is 2.58. The zero-order valence-corrected chi connectivity index (χ0v) is 16.3. The van der Waals surface area contributed by atoms with Crippen LogP contribution in [0.5, 0.6) is 0 Å². The van der Waals surface area contributed by atoms with Gasteiger partial charge >= 0.3 is 0 Å². The third kappa shape index (κ3) is 4.79. The smallest absolute Gasteiger partial charge is 0.275 e. The van der Waals surface area contributed by atoms with Gasteiger partial charge in [-0.1, -0.05) is 17.7 Å². The number of nitro groups is 1. The third-order valence-corrected chi connectivity index (χ3v) is 5.91. The van der Waals surface area contributed by atoms with E-state index in [1.54, 1.807) is 18.3 Å². The Morgan fingerprint density at radius 3 is 2.56 bits per heavy atom. The first-order valence-electron chi connectivity index (χ1n) is 7.65. The maximum absolute atomic E-state index is 12.7. The molecule has 1 aromatic carbocycles. The normalized spacial score (nSPS) is 11.4. The van der Waals surface area contributed by atoms with Crippen molar-refractivity contribution >= 4 is 39.0 Å². The van der Waals surface area contributed by atoms with Crippen molar-refractivity contribution in [2.24, 2.45) is 0 Å².